The van der Waals surface area contributed by atoms with Gasteiger partial charge in [0.1, 0.15) is 5.76 Å². The van der Waals surface area contributed by atoms with Gasteiger partial charge in [-0.15, -0.1) is 0 Å². The zero-order chi connectivity index (χ0) is 14.8. The molecule has 6 heteroatoms. The minimum Gasteiger partial charge on any atom is -0.481 e. The van der Waals surface area contributed by atoms with Crippen LogP contribution in [0.25, 0.3) is 0 Å². The van der Waals surface area contributed by atoms with Crippen LogP contribution in [0.2, 0.25) is 0 Å². The van der Waals surface area contributed by atoms with Crippen molar-refractivity contribution < 1.29 is 19.1 Å². The van der Waals surface area contributed by atoms with Crippen molar-refractivity contribution >= 4 is 12.0 Å². The van der Waals surface area contributed by atoms with Crippen LogP contribution in [0.4, 0.5) is 4.79 Å². The second-order valence-corrected chi connectivity index (χ2v) is 5.58. The Balaban J connectivity index is 1.97. The monoisotopic (exact) mass is 280 g/mol. The number of urea groups is 1. The van der Waals surface area contributed by atoms with Crippen LogP contribution in [-0.2, 0) is 4.79 Å². The van der Waals surface area contributed by atoms with Gasteiger partial charge in [-0.1, -0.05) is 0 Å². The van der Waals surface area contributed by atoms with Crippen LogP contribution in [0.1, 0.15) is 38.5 Å². The number of nitrogens with zero attached hydrogens (tertiary/aromatic N) is 1. The molecule has 0 aliphatic carbocycles. The maximum absolute atomic E-state index is 12.2. The van der Waals surface area contributed by atoms with Crippen LogP contribution in [0.15, 0.2) is 22.8 Å². The molecule has 2 rings (SSSR count). The number of hydrogen-bond donors (Lipinski definition) is 2. The predicted octanol–water partition coefficient (Wildman–Crippen LogP) is 2.24. The molecule has 1 saturated heterocycles. The van der Waals surface area contributed by atoms with Crippen molar-refractivity contribution in [3.63, 3.8) is 0 Å². The molecule has 0 saturated carbocycles. The molecule has 2 atom stereocenters. The van der Waals surface area contributed by atoms with E-state index in [4.69, 9.17) is 4.42 Å². The predicted molar refractivity (Wildman–Crippen MR) is 72.2 cm³/mol. The maximum Gasteiger partial charge on any atom is 0.318 e. The second kappa shape index (κ2) is 5.56. The van der Waals surface area contributed by atoms with Crippen molar-refractivity contribution in [2.75, 3.05) is 13.1 Å². The molecule has 1 fully saturated rings. The van der Waals surface area contributed by atoms with E-state index in [-0.39, 0.29) is 18.6 Å². The Morgan fingerprint density at radius 2 is 2.30 bits per heavy atom. The first kappa shape index (κ1) is 14.4. The first-order valence-electron chi connectivity index (χ1n) is 6.74. The number of nitrogens with one attached hydrogen (secondary N) is 1. The average Bonchev–Trinajstić information content (AvgIpc) is 2.92. The third kappa shape index (κ3) is 2.95. The summed E-state index contributed by atoms with van der Waals surface area (Å²) in [4.78, 5) is 25.0. The van der Waals surface area contributed by atoms with Gasteiger partial charge >= 0.3 is 12.0 Å². The minimum atomic E-state index is -0.858. The molecule has 0 bridgehead atoms. The lowest BCUT2D eigenvalue weighted by molar-refractivity contribution is -0.150. The van der Waals surface area contributed by atoms with E-state index in [1.165, 1.54) is 0 Å². The summed E-state index contributed by atoms with van der Waals surface area (Å²) < 4.78 is 5.24. The Hall–Kier alpha value is -1.98. The van der Waals surface area contributed by atoms with Crippen molar-refractivity contribution in [1.29, 1.82) is 0 Å². The highest BCUT2D eigenvalue weighted by Crippen LogP contribution is 2.29. The van der Waals surface area contributed by atoms with Crippen LogP contribution in [0, 0.1) is 5.41 Å². The molecule has 0 spiro atoms. The van der Waals surface area contributed by atoms with Crippen LogP contribution >= 0.6 is 0 Å². The van der Waals surface area contributed by atoms with Gasteiger partial charge in [0, 0.05) is 13.1 Å². The molecule has 2 amide bonds. The van der Waals surface area contributed by atoms with Gasteiger partial charge in [0.2, 0.25) is 0 Å². The Bertz CT molecular complexity index is 485. The SMILES string of the molecule is CC(NC(=O)N1CCCC(C)(C(=O)O)C1)c1ccco1. The van der Waals surface area contributed by atoms with Crippen LogP contribution in [0.3, 0.4) is 0 Å². The van der Waals surface area contributed by atoms with Crippen molar-refractivity contribution in [1.82, 2.24) is 10.2 Å². The molecule has 2 heterocycles. The number of piperidine rings is 1. The second-order valence-electron chi connectivity index (χ2n) is 5.58. The van der Waals surface area contributed by atoms with Gasteiger partial charge in [0.05, 0.1) is 17.7 Å². The lowest BCUT2D eigenvalue weighted by Crippen LogP contribution is -2.51. The number of aliphatic carboxylic acids is 1. The Labute approximate surface area is 117 Å². The zero-order valence-corrected chi connectivity index (χ0v) is 11.8. The van der Waals surface area contributed by atoms with E-state index in [9.17, 15) is 14.7 Å². The van der Waals surface area contributed by atoms with Crippen molar-refractivity contribution in [3.8, 4) is 0 Å². The number of carbonyl (C=O) groups is 2. The third-order valence-electron chi connectivity index (χ3n) is 3.81. The minimum absolute atomic E-state index is 0.235. The molecular formula is C14H20N2O4. The van der Waals surface area contributed by atoms with Gasteiger partial charge in [-0.2, -0.15) is 0 Å². The highest BCUT2D eigenvalue weighted by molar-refractivity contribution is 5.78. The van der Waals surface area contributed by atoms with Gasteiger partial charge in [0.25, 0.3) is 0 Å². The van der Waals surface area contributed by atoms with Gasteiger partial charge in [-0.05, 0) is 38.8 Å². The molecule has 1 aromatic heterocycles. The fourth-order valence-electron chi connectivity index (χ4n) is 2.47. The van der Waals surface area contributed by atoms with Crippen molar-refractivity contribution in [3.05, 3.63) is 24.2 Å². The van der Waals surface area contributed by atoms with Crippen molar-refractivity contribution in [2.45, 2.75) is 32.7 Å². The maximum atomic E-state index is 12.2. The van der Waals surface area contributed by atoms with E-state index in [0.29, 0.717) is 25.1 Å². The van der Waals surface area contributed by atoms with Crippen LogP contribution in [0.5, 0.6) is 0 Å². The molecule has 20 heavy (non-hydrogen) atoms. The molecule has 1 aromatic rings. The largest absolute Gasteiger partial charge is 0.481 e. The van der Waals surface area contributed by atoms with Crippen LogP contribution in [-0.4, -0.2) is 35.1 Å². The fraction of sp³-hybridized carbons (Fsp3) is 0.571. The Kier molecular flexibility index (Phi) is 4.01. The van der Waals surface area contributed by atoms with E-state index in [2.05, 4.69) is 5.32 Å². The number of hydrogen-bond acceptors (Lipinski definition) is 3. The molecule has 0 radical (unpaired) electrons. The van der Waals surface area contributed by atoms with Gasteiger partial charge < -0.3 is 19.7 Å². The number of amides is 2. The number of furan rings is 1. The standard InChI is InChI=1S/C14H20N2O4/c1-10(11-5-3-8-20-11)15-13(19)16-7-4-6-14(2,9-16)12(17)18/h3,5,8,10H,4,6-7,9H2,1-2H3,(H,15,19)(H,17,18). The van der Waals surface area contributed by atoms with E-state index >= 15 is 0 Å². The smallest absolute Gasteiger partial charge is 0.318 e. The normalized spacial score (nSPS) is 24.2. The fourth-order valence-corrected chi connectivity index (χ4v) is 2.47. The molecule has 2 unspecified atom stereocenters. The van der Waals surface area contributed by atoms with E-state index in [1.807, 2.05) is 6.92 Å². The van der Waals surface area contributed by atoms with Gasteiger partial charge in [0.15, 0.2) is 0 Å². The van der Waals surface area contributed by atoms with E-state index in [0.717, 1.165) is 0 Å². The highest BCUT2D eigenvalue weighted by atomic mass is 16.4. The van der Waals surface area contributed by atoms with Gasteiger partial charge in [-0.3, -0.25) is 4.79 Å². The zero-order valence-electron chi connectivity index (χ0n) is 11.8. The van der Waals surface area contributed by atoms with Gasteiger partial charge in [-0.25, -0.2) is 4.79 Å². The molecule has 110 valence electrons. The number of rotatable bonds is 3. The van der Waals surface area contributed by atoms with E-state index < -0.39 is 11.4 Å². The summed E-state index contributed by atoms with van der Waals surface area (Å²) in [6, 6.07) is 3.07. The number of carboxylic acid groups (broad SMARTS) is 1. The number of carbonyl (C=O) groups excluding carboxylic acids is 1. The molecule has 1 aliphatic heterocycles. The summed E-state index contributed by atoms with van der Waals surface area (Å²) in [5, 5.41) is 12.1. The average molecular weight is 280 g/mol. The van der Waals surface area contributed by atoms with Crippen LogP contribution < -0.4 is 5.32 Å². The quantitative estimate of drug-likeness (QED) is 0.889. The molecule has 1 aliphatic rings. The lowest BCUT2D eigenvalue weighted by atomic mass is 9.82. The summed E-state index contributed by atoms with van der Waals surface area (Å²) in [5.41, 5.74) is -0.858. The first-order valence-corrected chi connectivity index (χ1v) is 6.74. The summed E-state index contributed by atoms with van der Waals surface area (Å²) in [5.74, 6) is -0.176. The summed E-state index contributed by atoms with van der Waals surface area (Å²) in [7, 11) is 0. The summed E-state index contributed by atoms with van der Waals surface area (Å²) in [6.07, 6.45) is 2.85. The molecular weight excluding hydrogens is 260 g/mol. The highest BCUT2D eigenvalue weighted by Gasteiger charge is 2.39. The molecule has 2 N–H and O–H groups in total. The molecule has 0 aromatic carbocycles. The lowest BCUT2D eigenvalue weighted by Gasteiger charge is -2.37. The number of carboxylic acids is 1. The first-order chi connectivity index (χ1) is 9.42. The third-order valence-corrected chi connectivity index (χ3v) is 3.81. The Morgan fingerprint density at radius 3 is 2.90 bits per heavy atom. The topological polar surface area (TPSA) is 82.8 Å². The van der Waals surface area contributed by atoms with Crippen molar-refractivity contribution in [2.24, 2.45) is 5.41 Å². The summed E-state index contributed by atoms with van der Waals surface area (Å²) >= 11 is 0. The molecule has 6 nitrogen and oxygen atoms in total. The van der Waals surface area contributed by atoms with E-state index in [1.54, 1.807) is 30.2 Å². The summed E-state index contributed by atoms with van der Waals surface area (Å²) in [6.45, 7) is 4.33. The Morgan fingerprint density at radius 1 is 1.55 bits per heavy atom. The number of likely N-dealkylation sites (tertiary alicyclic amines) is 1.